The highest BCUT2D eigenvalue weighted by atomic mass is 16.5. The minimum Gasteiger partial charge on any atom is -0.385 e. The Morgan fingerprint density at radius 2 is 1.76 bits per heavy atom. The molecule has 0 radical (unpaired) electrons. The van der Waals surface area contributed by atoms with E-state index in [1.165, 1.54) is 0 Å². The third kappa shape index (κ3) is 4.61. The topological polar surface area (TPSA) is 50.4 Å². The molecule has 2 rings (SSSR count). The number of carbonyl (C=O) groups excluding carboxylic acids is 1. The molecule has 21 heavy (non-hydrogen) atoms. The van der Waals surface area contributed by atoms with E-state index in [-0.39, 0.29) is 5.91 Å². The summed E-state index contributed by atoms with van der Waals surface area (Å²) in [5.41, 5.74) is 2.39. The van der Waals surface area contributed by atoms with Crippen molar-refractivity contribution in [2.45, 2.75) is 6.42 Å². The Hall–Kier alpha value is -2.33. The number of methoxy groups -OCH3 is 1. The van der Waals surface area contributed by atoms with Crippen molar-refractivity contribution in [3.63, 3.8) is 0 Å². The third-order valence-corrected chi connectivity index (χ3v) is 3.04. The lowest BCUT2D eigenvalue weighted by Gasteiger charge is -2.12. The highest BCUT2D eigenvalue weighted by Crippen LogP contribution is 2.20. The molecule has 0 unspecified atom stereocenters. The predicted octanol–water partition coefficient (Wildman–Crippen LogP) is 3.20. The van der Waals surface area contributed by atoms with Gasteiger partial charge in [-0.1, -0.05) is 30.3 Å². The molecule has 2 aromatic carbocycles. The molecule has 0 bridgehead atoms. The molecule has 0 aliphatic carbocycles. The first-order chi connectivity index (χ1) is 10.3. The Morgan fingerprint density at radius 1 is 1.05 bits per heavy atom. The van der Waals surface area contributed by atoms with E-state index in [1.54, 1.807) is 7.11 Å². The number of anilines is 2. The molecule has 0 saturated carbocycles. The van der Waals surface area contributed by atoms with E-state index in [0.29, 0.717) is 18.7 Å². The first-order valence-electron chi connectivity index (χ1n) is 6.99. The van der Waals surface area contributed by atoms with Crippen LogP contribution in [0, 0.1) is 0 Å². The minimum atomic E-state index is -0.0786. The monoisotopic (exact) mass is 284 g/mol. The maximum Gasteiger partial charge on any atom is 0.253 e. The Balaban J connectivity index is 2.04. The zero-order valence-electron chi connectivity index (χ0n) is 12.1. The largest absolute Gasteiger partial charge is 0.385 e. The molecule has 2 N–H and O–H groups in total. The summed E-state index contributed by atoms with van der Waals surface area (Å²) in [6.07, 6.45) is 0.802. The molecule has 0 aromatic heterocycles. The number of benzene rings is 2. The van der Waals surface area contributed by atoms with Gasteiger partial charge >= 0.3 is 0 Å². The summed E-state index contributed by atoms with van der Waals surface area (Å²) in [6, 6.07) is 17.3. The van der Waals surface area contributed by atoms with E-state index < -0.39 is 0 Å². The molecule has 110 valence electrons. The van der Waals surface area contributed by atoms with Crippen LogP contribution in [0.15, 0.2) is 54.6 Å². The standard InChI is InChI=1S/C17H20N2O2/c1-21-13-7-12-18-17(20)15-10-5-6-11-16(15)19-14-8-3-2-4-9-14/h2-6,8-11,19H,7,12-13H2,1H3,(H,18,20). The van der Waals surface area contributed by atoms with Crippen LogP contribution in [-0.4, -0.2) is 26.2 Å². The summed E-state index contributed by atoms with van der Waals surface area (Å²) >= 11 is 0. The Bertz CT molecular complexity index is 570. The lowest BCUT2D eigenvalue weighted by molar-refractivity contribution is 0.0949. The van der Waals surface area contributed by atoms with E-state index >= 15 is 0 Å². The SMILES string of the molecule is COCCCNC(=O)c1ccccc1Nc1ccccc1. The molecule has 0 atom stereocenters. The molecule has 2 aromatic rings. The molecule has 0 saturated heterocycles. The molecule has 0 heterocycles. The van der Waals surface area contributed by atoms with Crippen molar-refractivity contribution in [2.75, 3.05) is 25.6 Å². The predicted molar refractivity (Wildman–Crippen MR) is 85.0 cm³/mol. The van der Waals surface area contributed by atoms with Crippen molar-refractivity contribution in [1.29, 1.82) is 0 Å². The van der Waals surface area contributed by atoms with E-state index in [2.05, 4.69) is 10.6 Å². The van der Waals surface area contributed by atoms with Crippen LogP contribution >= 0.6 is 0 Å². The van der Waals surface area contributed by atoms with Crippen LogP contribution in [0.3, 0.4) is 0 Å². The number of para-hydroxylation sites is 2. The van der Waals surface area contributed by atoms with Gasteiger partial charge in [-0.15, -0.1) is 0 Å². The molecule has 0 aliphatic rings. The fourth-order valence-electron chi connectivity index (χ4n) is 1.98. The second-order valence-electron chi connectivity index (χ2n) is 4.64. The molecule has 0 aliphatic heterocycles. The minimum absolute atomic E-state index is 0.0786. The highest BCUT2D eigenvalue weighted by molar-refractivity contribution is 6.00. The first kappa shape index (κ1) is 15.1. The van der Waals surface area contributed by atoms with Crippen LogP contribution < -0.4 is 10.6 Å². The maximum atomic E-state index is 12.2. The second kappa shape index (κ2) is 8.07. The van der Waals surface area contributed by atoms with E-state index in [9.17, 15) is 4.79 Å². The van der Waals surface area contributed by atoms with Crippen molar-refractivity contribution in [2.24, 2.45) is 0 Å². The van der Waals surface area contributed by atoms with E-state index in [1.807, 2.05) is 54.6 Å². The van der Waals surface area contributed by atoms with Gasteiger partial charge in [-0.2, -0.15) is 0 Å². The van der Waals surface area contributed by atoms with Gasteiger partial charge in [-0.3, -0.25) is 4.79 Å². The van der Waals surface area contributed by atoms with Gasteiger partial charge in [0, 0.05) is 25.9 Å². The van der Waals surface area contributed by atoms with Gasteiger partial charge in [-0.25, -0.2) is 0 Å². The van der Waals surface area contributed by atoms with Gasteiger partial charge in [-0.05, 0) is 30.7 Å². The van der Waals surface area contributed by atoms with Gasteiger partial charge in [0.25, 0.3) is 5.91 Å². The Morgan fingerprint density at radius 3 is 2.52 bits per heavy atom. The van der Waals surface area contributed by atoms with Crippen LogP contribution in [0.1, 0.15) is 16.8 Å². The van der Waals surface area contributed by atoms with E-state index in [4.69, 9.17) is 4.74 Å². The highest BCUT2D eigenvalue weighted by Gasteiger charge is 2.10. The number of amides is 1. The van der Waals surface area contributed by atoms with Crippen molar-refractivity contribution in [3.05, 3.63) is 60.2 Å². The number of hydrogen-bond acceptors (Lipinski definition) is 3. The summed E-state index contributed by atoms with van der Waals surface area (Å²) in [5.74, 6) is -0.0786. The van der Waals surface area contributed by atoms with Crippen LogP contribution in [0.25, 0.3) is 0 Å². The summed E-state index contributed by atoms with van der Waals surface area (Å²) in [5, 5.41) is 6.17. The van der Waals surface area contributed by atoms with Gasteiger partial charge in [0.1, 0.15) is 0 Å². The molecule has 0 fully saturated rings. The van der Waals surface area contributed by atoms with Crippen LogP contribution in [0.4, 0.5) is 11.4 Å². The molecule has 1 amide bonds. The summed E-state index contributed by atoms with van der Waals surface area (Å²) < 4.78 is 4.97. The lowest BCUT2D eigenvalue weighted by Crippen LogP contribution is -2.25. The average Bonchev–Trinajstić information content (AvgIpc) is 2.53. The Kier molecular flexibility index (Phi) is 5.79. The number of rotatable bonds is 7. The molecule has 0 spiro atoms. The number of carbonyl (C=O) groups is 1. The van der Waals surface area contributed by atoms with Crippen LogP contribution in [0.5, 0.6) is 0 Å². The average molecular weight is 284 g/mol. The second-order valence-corrected chi connectivity index (χ2v) is 4.64. The Labute approximate surface area is 125 Å². The molecular formula is C17H20N2O2. The zero-order chi connectivity index (χ0) is 14.9. The first-order valence-corrected chi connectivity index (χ1v) is 6.99. The summed E-state index contributed by atoms with van der Waals surface area (Å²) in [7, 11) is 1.65. The smallest absolute Gasteiger partial charge is 0.253 e. The van der Waals surface area contributed by atoms with Gasteiger partial charge in [0.05, 0.1) is 11.3 Å². The number of ether oxygens (including phenoxy) is 1. The van der Waals surface area contributed by atoms with Gasteiger partial charge in [0.2, 0.25) is 0 Å². The lowest BCUT2D eigenvalue weighted by atomic mass is 10.1. The molecule has 4 nitrogen and oxygen atoms in total. The van der Waals surface area contributed by atoms with Crippen molar-refractivity contribution < 1.29 is 9.53 Å². The fraction of sp³-hybridized carbons (Fsp3) is 0.235. The fourth-order valence-corrected chi connectivity index (χ4v) is 1.98. The van der Waals surface area contributed by atoms with Gasteiger partial charge in [0.15, 0.2) is 0 Å². The quantitative estimate of drug-likeness (QED) is 0.768. The van der Waals surface area contributed by atoms with Crippen molar-refractivity contribution >= 4 is 17.3 Å². The number of nitrogens with one attached hydrogen (secondary N) is 2. The van der Waals surface area contributed by atoms with Crippen LogP contribution in [0.2, 0.25) is 0 Å². The molecule has 4 heteroatoms. The van der Waals surface area contributed by atoms with Crippen LogP contribution in [-0.2, 0) is 4.74 Å². The normalized spacial score (nSPS) is 10.1. The van der Waals surface area contributed by atoms with Crippen molar-refractivity contribution in [1.82, 2.24) is 5.32 Å². The third-order valence-electron chi connectivity index (χ3n) is 3.04. The molecular weight excluding hydrogens is 264 g/mol. The zero-order valence-corrected chi connectivity index (χ0v) is 12.1. The summed E-state index contributed by atoms with van der Waals surface area (Å²) in [6.45, 7) is 1.25. The van der Waals surface area contributed by atoms with E-state index in [0.717, 1.165) is 17.8 Å². The van der Waals surface area contributed by atoms with Gasteiger partial charge < -0.3 is 15.4 Å². The summed E-state index contributed by atoms with van der Waals surface area (Å²) in [4.78, 5) is 12.2. The number of hydrogen-bond donors (Lipinski definition) is 2. The van der Waals surface area contributed by atoms with Crippen molar-refractivity contribution in [3.8, 4) is 0 Å². The maximum absolute atomic E-state index is 12.2.